The van der Waals surface area contributed by atoms with Crippen LogP contribution in [0.5, 0.6) is 0 Å². The van der Waals surface area contributed by atoms with Crippen LogP contribution in [0.2, 0.25) is 5.15 Å². The fraction of sp³-hybridized carbons (Fsp3) is 0.200. The molecule has 0 aliphatic carbocycles. The zero-order valence-electron chi connectivity index (χ0n) is 8.30. The van der Waals surface area contributed by atoms with Crippen LogP contribution in [0.4, 0.5) is 5.82 Å². The van der Waals surface area contributed by atoms with Crippen molar-refractivity contribution in [3.8, 4) is 0 Å². The number of thiophene rings is 1. The van der Waals surface area contributed by atoms with Gasteiger partial charge in [-0.15, -0.1) is 0 Å². The van der Waals surface area contributed by atoms with Crippen molar-refractivity contribution in [3.63, 3.8) is 0 Å². The molecule has 1 unspecified atom stereocenters. The highest BCUT2D eigenvalue weighted by Gasteiger charge is 2.09. The van der Waals surface area contributed by atoms with Crippen molar-refractivity contribution >= 4 is 28.8 Å². The quantitative estimate of drug-likeness (QED) is 0.881. The Bertz CT molecular complexity index is 449. The van der Waals surface area contributed by atoms with Gasteiger partial charge in [-0.2, -0.15) is 11.3 Å². The van der Waals surface area contributed by atoms with Gasteiger partial charge in [-0.3, -0.25) is 0 Å². The van der Waals surface area contributed by atoms with Crippen LogP contribution in [0.3, 0.4) is 0 Å². The van der Waals surface area contributed by atoms with Crippen LogP contribution in [0.25, 0.3) is 0 Å². The number of nitrogens with zero attached hydrogens (tertiary/aromatic N) is 2. The second kappa shape index (κ2) is 5.25. The van der Waals surface area contributed by atoms with Crippen LogP contribution >= 0.6 is 22.9 Å². The minimum atomic E-state index is -0.565. The van der Waals surface area contributed by atoms with E-state index >= 15 is 0 Å². The fourth-order valence-electron chi connectivity index (χ4n) is 1.22. The molecule has 0 aliphatic heterocycles. The minimum absolute atomic E-state index is 0.306. The molecule has 4 nitrogen and oxygen atoms in total. The zero-order chi connectivity index (χ0) is 11.4. The van der Waals surface area contributed by atoms with E-state index in [1.165, 1.54) is 6.20 Å². The van der Waals surface area contributed by atoms with Crippen LogP contribution in [0, 0.1) is 0 Å². The Morgan fingerprint density at radius 2 is 2.25 bits per heavy atom. The summed E-state index contributed by atoms with van der Waals surface area (Å²) in [5.74, 6) is 0.485. The molecule has 6 heteroatoms. The molecule has 16 heavy (non-hydrogen) atoms. The molecule has 0 radical (unpaired) electrons. The zero-order valence-corrected chi connectivity index (χ0v) is 9.87. The molecule has 2 rings (SSSR count). The van der Waals surface area contributed by atoms with Gasteiger partial charge in [0.1, 0.15) is 0 Å². The number of nitrogens with one attached hydrogen (secondary N) is 1. The predicted octanol–water partition coefficient (Wildman–Crippen LogP) is 2.34. The highest BCUT2D eigenvalue weighted by molar-refractivity contribution is 7.07. The van der Waals surface area contributed by atoms with E-state index in [-0.39, 0.29) is 0 Å². The fourth-order valence-corrected chi connectivity index (χ4v) is 2.09. The maximum atomic E-state index is 9.81. The van der Waals surface area contributed by atoms with Crippen LogP contribution in [-0.2, 0) is 0 Å². The Kier molecular flexibility index (Phi) is 3.71. The smallest absolute Gasteiger partial charge is 0.171 e. The third-order valence-corrected chi connectivity index (χ3v) is 3.02. The summed E-state index contributed by atoms with van der Waals surface area (Å²) in [5, 5.41) is 16.9. The summed E-state index contributed by atoms with van der Waals surface area (Å²) in [6.45, 7) is 0.356. The summed E-state index contributed by atoms with van der Waals surface area (Å²) in [7, 11) is 0. The van der Waals surface area contributed by atoms with Gasteiger partial charge in [0, 0.05) is 18.9 Å². The Morgan fingerprint density at radius 3 is 2.94 bits per heavy atom. The van der Waals surface area contributed by atoms with Crippen molar-refractivity contribution in [1.29, 1.82) is 0 Å². The molecule has 2 aromatic rings. The Hall–Kier alpha value is -1.17. The standard InChI is InChI=1S/C10H10ClN3OS/c11-9-10(13-3-2-12-9)14-5-8(15)7-1-4-16-6-7/h1-4,6,8,15H,5H2,(H,13,14). The number of halogens is 1. The van der Waals surface area contributed by atoms with Crippen molar-refractivity contribution < 1.29 is 5.11 Å². The molecule has 0 bridgehead atoms. The summed E-state index contributed by atoms with van der Waals surface area (Å²) in [6.07, 6.45) is 2.50. The van der Waals surface area contributed by atoms with Gasteiger partial charge in [0.2, 0.25) is 0 Å². The molecule has 0 fully saturated rings. The van der Waals surface area contributed by atoms with E-state index < -0.39 is 6.10 Å². The highest BCUT2D eigenvalue weighted by Crippen LogP contribution is 2.19. The average molecular weight is 256 g/mol. The Morgan fingerprint density at radius 1 is 1.44 bits per heavy atom. The first kappa shape index (κ1) is 11.3. The number of hydrogen-bond donors (Lipinski definition) is 2. The topological polar surface area (TPSA) is 58.0 Å². The second-order valence-electron chi connectivity index (χ2n) is 3.15. The number of anilines is 1. The molecule has 0 spiro atoms. The van der Waals surface area contributed by atoms with Crippen molar-refractivity contribution in [2.45, 2.75) is 6.10 Å². The summed E-state index contributed by atoms with van der Waals surface area (Å²) >= 11 is 7.37. The lowest BCUT2D eigenvalue weighted by Gasteiger charge is -2.11. The first-order valence-electron chi connectivity index (χ1n) is 4.68. The molecule has 0 aliphatic rings. The number of aliphatic hydroxyl groups is 1. The maximum absolute atomic E-state index is 9.81. The Labute approximate surface area is 102 Å². The molecule has 0 saturated heterocycles. The minimum Gasteiger partial charge on any atom is -0.387 e. The van der Waals surface area contributed by atoms with E-state index in [9.17, 15) is 5.11 Å². The lowest BCUT2D eigenvalue weighted by molar-refractivity contribution is 0.192. The lowest BCUT2D eigenvalue weighted by atomic mass is 10.2. The molecule has 0 amide bonds. The van der Waals surface area contributed by atoms with Gasteiger partial charge in [-0.05, 0) is 22.4 Å². The van der Waals surface area contributed by atoms with Gasteiger partial charge >= 0.3 is 0 Å². The summed E-state index contributed by atoms with van der Waals surface area (Å²) in [5.41, 5.74) is 0.887. The average Bonchev–Trinajstić information content (AvgIpc) is 2.81. The van der Waals surface area contributed by atoms with Gasteiger partial charge in [0.25, 0.3) is 0 Å². The van der Waals surface area contributed by atoms with Crippen molar-refractivity contribution in [3.05, 3.63) is 39.9 Å². The van der Waals surface area contributed by atoms with Gasteiger partial charge in [-0.25, -0.2) is 9.97 Å². The summed E-state index contributed by atoms with van der Waals surface area (Å²) in [6, 6.07) is 1.88. The van der Waals surface area contributed by atoms with E-state index in [0.29, 0.717) is 17.5 Å². The second-order valence-corrected chi connectivity index (χ2v) is 4.29. The van der Waals surface area contributed by atoms with Crippen molar-refractivity contribution in [2.24, 2.45) is 0 Å². The molecule has 2 heterocycles. The van der Waals surface area contributed by atoms with E-state index in [1.54, 1.807) is 17.5 Å². The molecular formula is C10H10ClN3OS. The van der Waals surface area contributed by atoms with Gasteiger partial charge in [0.05, 0.1) is 6.10 Å². The molecule has 2 aromatic heterocycles. The van der Waals surface area contributed by atoms with Gasteiger partial charge in [-0.1, -0.05) is 11.6 Å². The first-order valence-corrected chi connectivity index (χ1v) is 6.00. The third kappa shape index (κ3) is 2.69. The van der Waals surface area contributed by atoms with E-state index in [2.05, 4.69) is 15.3 Å². The van der Waals surface area contributed by atoms with E-state index in [0.717, 1.165) is 5.56 Å². The van der Waals surface area contributed by atoms with E-state index in [1.807, 2.05) is 16.8 Å². The highest BCUT2D eigenvalue weighted by atomic mass is 35.5. The van der Waals surface area contributed by atoms with Gasteiger partial charge in [0.15, 0.2) is 11.0 Å². The van der Waals surface area contributed by atoms with E-state index in [4.69, 9.17) is 11.6 Å². The molecule has 0 aromatic carbocycles. The van der Waals surface area contributed by atoms with Crippen LogP contribution in [0.1, 0.15) is 11.7 Å². The van der Waals surface area contributed by atoms with Crippen molar-refractivity contribution in [2.75, 3.05) is 11.9 Å². The maximum Gasteiger partial charge on any atom is 0.171 e. The number of rotatable bonds is 4. The SMILES string of the molecule is OC(CNc1nccnc1Cl)c1ccsc1. The Balaban J connectivity index is 1.95. The first-order chi connectivity index (χ1) is 7.77. The number of aliphatic hydroxyl groups excluding tert-OH is 1. The molecular weight excluding hydrogens is 246 g/mol. The molecule has 2 N–H and O–H groups in total. The number of aromatic nitrogens is 2. The predicted molar refractivity (Wildman–Crippen MR) is 64.8 cm³/mol. The van der Waals surface area contributed by atoms with Gasteiger partial charge < -0.3 is 10.4 Å². The van der Waals surface area contributed by atoms with Crippen LogP contribution < -0.4 is 5.32 Å². The van der Waals surface area contributed by atoms with Crippen molar-refractivity contribution in [1.82, 2.24) is 9.97 Å². The normalized spacial score (nSPS) is 12.4. The molecule has 1 atom stereocenters. The third-order valence-electron chi connectivity index (χ3n) is 2.04. The van der Waals surface area contributed by atoms with Crippen LogP contribution in [0.15, 0.2) is 29.2 Å². The number of hydrogen-bond acceptors (Lipinski definition) is 5. The largest absolute Gasteiger partial charge is 0.387 e. The lowest BCUT2D eigenvalue weighted by Crippen LogP contribution is -2.12. The summed E-state index contributed by atoms with van der Waals surface area (Å²) < 4.78 is 0. The molecule has 0 saturated carbocycles. The molecule has 84 valence electrons. The van der Waals surface area contributed by atoms with Crippen LogP contribution in [-0.4, -0.2) is 21.6 Å². The summed E-state index contributed by atoms with van der Waals surface area (Å²) in [4.78, 5) is 7.90. The monoisotopic (exact) mass is 255 g/mol.